The Morgan fingerprint density at radius 1 is 1.33 bits per heavy atom. The Hall–Kier alpha value is -1.48. The lowest BCUT2D eigenvalue weighted by Crippen LogP contribution is -2.31. The lowest BCUT2D eigenvalue weighted by atomic mass is 9.97. The van der Waals surface area contributed by atoms with Gasteiger partial charge in [-0.05, 0) is 76.1 Å². The first kappa shape index (κ1) is 17.3. The molecule has 0 spiro atoms. The van der Waals surface area contributed by atoms with Gasteiger partial charge in [0.25, 0.3) is 0 Å². The molecule has 0 saturated heterocycles. The lowest BCUT2D eigenvalue weighted by Gasteiger charge is -2.27. The average molecular weight is 329 g/mol. The van der Waals surface area contributed by atoms with Crippen molar-refractivity contribution in [3.63, 3.8) is 0 Å². The smallest absolute Gasteiger partial charge is 0.142 e. The maximum Gasteiger partial charge on any atom is 0.142 e. The van der Waals surface area contributed by atoms with E-state index in [4.69, 9.17) is 4.74 Å². The highest BCUT2D eigenvalue weighted by atomic mass is 16.5. The summed E-state index contributed by atoms with van der Waals surface area (Å²) in [4.78, 5) is 0. The fraction of sp³-hybridized carbons (Fsp3) is 0.619. The number of benzene rings is 1. The van der Waals surface area contributed by atoms with Crippen LogP contribution in [0.25, 0.3) is 0 Å². The third kappa shape index (κ3) is 4.76. The molecule has 1 aliphatic carbocycles. The van der Waals surface area contributed by atoms with Crippen LogP contribution in [-0.4, -0.2) is 25.2 Å². The normalized spacial score (nSPS) is 21.2. The zero-order chi connectivity index (χ0) is 16.8. The highest BCUT2D eigenvalue weighted by Crippen LogP contribution is 2.31. The van der Waals surface area contributed by atoms with E-state index in [-0.39, 0.29) is 0 Å². The number of hydrogen-bond donors (Lipinski definition) is 2. The zero-order valence-corrected chi connectivity index (χ0v) is 15.2. The summed E-state index contributed by atoms with van der Waals surface area (Å²) < 4.78 is 5.99. The molecule has 0 radical (unpaired) electrons. The topological polar surface area (TPSA) is 33.3 Å². The first-order valence-electron chi connectivity index (χ1n) is 9.69. The second kappa shape index (κ2) is 8.57. The molecule has 3 heteroatoms. The monoisotopic (exact) mass is 328 g/mol. The third-order valence-electron chi connectivity index (χ3n) is 5.18. The number of anilines is 1. The molecule has 0 bridgehead atoms. The Balaban J connectivity index is 1.46. The van der Waals surface area contributed by atoms with Crippen LogP contribution < -0.4 is 15.4 Å². The zero-order valence-electron chi connectivity index (χ0n) is 15.2. The van der Waals surface area contributed by atoms with Gasteiger partial charge in [0, 0.05) is 6.04 Å². The van der Waals surface area contributed by atoms with Gasteiger partial charge in [-0.25, -0.2) is 0 Å². The molecule has 0 amide bonds. The molecule has 1 aromatic carbocycles. The molecule has 1 aromatic rings. The Bertz CT molecular complexity index is 567. The van der Waals surface area contributed by atoms with Gasteiger partial charge < -0.3 is 15.4 Å². The van der Waals surface area contributed by atoms with E-state index in [2.05, 4.69) is 48.8 Å². The van der Waals surface area contributed by atoms with Crippen LogP contribution in [-0.2, 0) is 6.42 Å². The Morgan fingerprint density at radius 2 is 2.25 bits per heavy atom. The molecule has 0 saturated carbocycles. The van der Waals surface area contributed by atoms with Crippen molar-refractivity contribution in [1.29, 1.82) is 0 Å². The highest BCUT2D eigenvalue weighted by molar-refractivity contribution is 5.59. The average Bonchev–Trinajstić information content (AvgIpc) is 2.62. The largest absolute Gasteiger partial charge is 0.486 e. The van der Waals surface area contributed by atoms with E-state index >= 15 is 0 Å². The van der Waals surface area contributed by atoms with Gasteiger partial charge in [-0.3, -0.25) is 0 Å². The van der Waals surface area contributed by atoms with E-state index in [1.165, 1.54) is 37.7 Å². The van der Waals surface area contributed by atoms with Crippen molar-refractivity contribution >= 4 is 5.69 Å². The van der Waals surface area contributed by atoms with E-state index in [1.54, 1.807) is 5.57 Å². The summed E-state index contributed by atoms with van der Waals surface area (Å²) in [7, 11) is 0. The highest BCUT2D eigenvalue weighted by Gasteiger charge is 2.18. The Kier molecular flexibility index (Phi) is 6.19. The molecule has 3 rings (SSSR count). The summed E-state index contributed by atoms with van der Waals surface area (Å²) >= 11 is 0. The fourth-order valence-corrected chi connectivity index (χ4v) is 3.65. The van der Waals surface area contributed by atoms with Gasteiger partial charge in [0.2, 0.25) is 0 Å². The number of fused-ring (bicyclic) bond motifs is 1. The van der Waals surface area contributed by atoms with E-state index in [9.17, 15) is 0 Å². The molecular weight excluding hydrogens is 296 g/mol. The minimum Gasteiger partial charge on any atom is -0.486 e. The lowest BCUT2D eigenvalue weighted by molar-refractivity contribution is 0.202. The minimum atomic E-state index is 0.304. The fourth-order valence-electron chi connectivity index (χ4n) is 3.65. The second-order valence-electron chi connectivity index (χ2n) is 7.28. The summed E-state index contributed by atoms with van der Waals surface area (Å²) in [6.07, 6.45) is 11.4. The summed E-state index contributed by atoms with van der Waals surface area (Å²) in [5.74, 6) is 1.00. The van der Waals surface area contributed by atoms with Crippen LogP contribution >= 0.6 is 0 Å². The summed E-state index contributed by atoms with van der Waals surface area (Å²) in [5.41, 5.74) is 4.18. The Morgan fingerprint density at radius 3 is 3.04 bits per heavy atom. The molecule has 2 aliphatic rings. The van der Waals surface area contributed by atoms with E-state index in [1.807, 2.05) is 0 Å². The van der Waals surface area contributed by atoms with Crippen LogP contribution in [0.15, 0.2) is 29.8 Å². The van der Waals surface area contributed by atoms with Crippen LogP contribution in [0.5, 0.6) is 5.75 Å². The van der Waals surface area contributed by atoms with Crippen LogP contribution in [0.1, 0.15) is 57.9 Å². The van der Waals surface area contributed by atoms with Gasteiger partial charge >= 0.3 is 0 Å². The molecule has 0 fully saturated rings. The number of nitrogens with one attached hydrogen (secondary N) is 2. The van der Waals surface area contributed by atoms with Gasteiger partial charge in [-0.15, -0.1) is 0 Å². The summed E-state index contributed by atoms with van der Waals surface area (Å²) in [6, 6.07) is 7.09. The number of hydrogen-bond acceptors (Lipinski definition) is 3. The number of allylic oxidation sites excluding steroid dienone is 1. The Labute approximate surface area is 146 Å². The van der Waals surface area contributed by atoms with Gasteiger partial charge in [0.05, 0.1) is 12.2 Å². The third-order valence-corrected chi connectivity index (χ3v) is 5.18. The van der Waals surface area contributed by atoms with Crippen LogP contribution in [0, 0.1) is 0 Å². The first-order chi connectivity index (χ1) is 11.7. The van der Waals surface area contributed by atoms with Crippen LogP contribution in [0.2, 0.25) is 0 Å². The van der Waals surface area contributed by atoms with Crippen LogP contribution in [0.3, 0.4) is 0 Å². The van der Waals surface area contributed by atoms with Crippen molar-refractivity contribution in [2.24, 2.45) is 0 Å². The van der Waals surface area contributed by atoms with Crippen molar-refractivity contribution in [2.45, 2.75) is 70.9 Å². The van der Waals surface area contributed by atoms with Gasteiger partial charge in [0.15, 0.2) is 0 Å². The predicted octanol–water partition coefficient (Wildman–Crippen LogP) is 4.68. The molecule has 2 atom stereocenters. The molecule has 3 nitrogen and oxygen atoms in total. The standard InChI is InChI=1S/C21H32N2O/c1-3-19-15-23-20-14-18(9-10-21(20)24-19)13-16(2)22-12-11-17-7-5-4-6-8-17/h7,9-10,14,16,19,22-23H,3-6,8,11-13,15H2,1-2H3. The van der Waals surface area contributed by atoms with Gasteiger partial charge in [0.1, 0.15) is 11.9 Å². The molecule has 132 valence electrons. The van der Waals surface area contributed by atoms with Crippen molar-refractivity contribution in [1.82, 2.24) is 5.32 Å². The SMILES string of the molecule is CCC1CNc2cc(CC(C)NCCC3=CCCCC3)ccc2O1. The maximum atomic E-state index is 5.99. The summed E-state index contributed by atoms with van der Waals surface area (Å²) in [6.45, 7) is 6.46. The van der Waals surface area contributed by atoms with Crippen molar-refractivity contribution in [3.8, 4) is 5.75 Å². The molecule has 24 heavy (non-hydrogen) atoms. The molecule has 1 heterocycles. The second-order valence-corrected chi connectivity index (χ2v) is 7.28. The molecule has 1 aliphatic heterocycles. The van der Waals surface area contributed by atoms with E-state index < -0.39 is 0 Å². The quantitative estimate of drug-likeness (QED) is 0.713. The van der Waals surface area contributed by atoms with Gasteiger partial charge in [-0.2, -0.15) is 0 Å². The van der Waals surface area contributed by atoms with Crippen molar-refractivity contribution in [3.05, 3.63) is 35.4 Å². The molecule has 2 N–H and O–H groups in total. The molecule has 0 aromatic heterocycles. The summed E-state index contributed by atoms with van der Waals surface area (Å²) in [5, 5.41) is 7.19. The number of rotatable bonds is 7. The van der Waals surface area contributed by atoms with Gasteiger partial charge in [-0.1, -0.05) is 24.6 Å². The number of ether oxygens (including phenoxy) is 1. The maximum absolute atomic E-state index is 5.99. The van der Waals surface area contributed by atoms with E-state index in [0.717, 1.165) is 37.4 Å². The van der Waals surface area contributed by atoms with E-state index in [0.29, 0.717) is 12.1 Å². The molecule has 2 unspecified atom stereocenters. The van der Waals surface area contributed by atoms with Crippen LogP contribution in [0.4, 0.5) is 5.69 Å². The minimum absolute atomic E-state index is 0.304. The molecular formula is C21H32N2O. The first-order valence-corrected chi connectivity index (χ1v) is 9.69. The van der Waals surface area contributed by atoms with Crippen molar-refractivity contribution in [2.75, 3.05) is 18.4 Å². The van der Waals surface area contributed by atoms with Crippen molar-refractivity contribution < 1.29 is 4.74 Å². The predicted molar refractivity (Wildman–Crippen MR) is 102 cm³/mol.